The van der Waals surface area contributed by atoms with Crippen molar-refractivity contribution >= 4 is 17.4 Å². The first-order valence-corrected chi connectivity index (χ1v) is 19.3. The van der Waals surface area contributed by atoms with Crippen molar-refractivity contribution in [2.24, 2.45) is 63.1 Å². The number of aliphatic hydroxyl groups is 1. The lowest BCUT2D eigenvalue weighted by Crippen LogP contribution is -2.53. The number of aliphatic hydroxyl groups excluding tert-OH is 1. The van der Waals surface area contributed by atoms with Gasteiger partial charge in [-0.3, -0.25) is 4.79 Å². The Morgan fingerprint density at radius 1 is 0.787 bits per heavy atom. The van der Waals surface area contributed by atoms with Gasteiger partial charge in [-0.1, -0.05) is 40.9 Å². The molecule has 2 nitrogen and oxygen atoms in total. The number of fused-ring (bicyclic) bond motifs is 10. The Kier molecular flexibility index (Phi) is 8.36. The Labute approximate surface area is 287 Å². The average molecular weight is 667 g/mol. The van der Waals surface area contributed by atoms with Crippen molar-refractivity contribution in [3.63, 3.8) is 0 Å². The van der Waals surface area contributed by atoms with Gasteiger partial charge in [0.25, 0.3) is 5.92 Å². The maximum atomic E-state index is 14.6. The molecule has 7 saturated carbocycles. The van der Waals surface area contributed by atoms with Gasteiger partial charge in [0, 0.05) is 23.8 Å². The maximum absolute atomic E-state index is 14.6. The molecule has 5 heteroatoms. The van der Waals surface area contributed by atoms with Gasteiger partial charge in [-0.25, -0.2) is 8.78 Å². The largest absolute Gasteiger partial charge is 0.393 e. The Hall–Kier alpha value is -1.44. The van der Waals surface area contributed by atoms with Gasteiger partial charge in [0.2, 0.25) is 0 Å². The minimum atomic E-state index is -2.73. The Morgan fingerprint density at radius 3 is 2.21 bits per heavy atom. The normalized spacial score (nSPS) is 50.9. The van der Waals surface area contributed by atoms with E-state index in [1.165, 1.54) is 36.8 Å². The number of ketones is 1. The molecule has 0 aliphatic heterocycles. The summed E-state index contributed by atoms with van der Waals surface area (Å²) in [5, 5.41) is 10.1. The van der Waals surface area contributed by atoms with Gasteiger partial charge in [0.15, 0.2) is 5.78 Å². The summed E-state index contributed by atoms with van der Waals surface area (Å²) in [6.45, 7) is 16.8. The fraction of sp³-hybridized carbons (Fsp3) is 0.786. The molecule has 13 atom stereocenters. The summed E-state index contributed by atoms with van der Waals surface area (Å²) in [5.41, 5.74) is 9.05. The van der Waals surface area contributed by atoms with Crippen LogP contribution in [0.3, 0.4) is 0 Å². The summed E-state index contributed by atoms with van der Waals surface area (Å²) < 4.78 is 29.2. The summed E-state index contributed by atoms with van der Waals surface area (Å²) >= 11 is 6.82. The number of allylic oxidation sites excluding steroid dienone is 3. The molecule has 7 fully saturated rings. The monoisotopic (exact) mass is 666 g/mol. The van der Waals surface area contributed by atoms with Crippen molar-refractivity contribution in [3.05, 3.63) is 47.4 Å². The molecule has 0 radical (unpaired) electrons. The number of hydrogen-bond donors (Lipinski definition) is 1. The van der Waals surface area contributed by atoms with Crippen LogP contribution in [0.1, 0.15) is 124 Å². The van der Waals surface area contributed by atoms with Gasteiger partial charge < -0.3 is 5.11 Å². The van der Waals surface area contributed by atoms with Crippen LogP contribution in [-0.4, -0.2) is 28.3 Å². The fourth-order valence-corrected chi connectivity index (χ4v) is 14.5. The van der Waals surface area contributed by atoms with E-state index in [9.17, 15) is 18.7 Å². The molecule has 0 aromatic heterocycles. The van der Waals surface area contributed by atoms with E-state index in [1.54, 1.807) is 0 Å². The van der Waals surface area contributed by atoms with Gasteiger partial charge in [-0.2, -0.15) is 0 Å². The van der Waals surface area contributed by atoms with Crippen molar-refractivity contribution in [2.75, 3.05) is 0 Å². The van der Waals surface area contributed by atoms with Crippen LogP contribution in [0, 0.1) is 63.1 Å². The minimum absolute atomic E-state index is 0.00804. The van der Waals surface area contributed by atoms with Gasteiger partial charge in [-0.05, 0) is 158 Å². The van der Waals surface area contributed by atoms with Gasteiger partial charge >= 0.3 is 0 Å². The molecule has 0 saturated heterocycles. The zero-order valence-electron chi connectivity index (χ0n) is 29.3. The smallest absolute Gasteiger partial charge is 0.277 e. The first-order valence-electron chi connectivity index (χ1n) is 18.9. The standard InChI is InChI=1S/C21H27ClO.C21H30F2O/c1-4-13-5-6-16-15-12-19(22)18-11-14(23)7-9-21(18,3)17(15)8-10-20(13,16)2;1-4-18-20(3)10-8-16-15(17(20)12-21(18,22)23)6-5-13-11-14(24)7-9-19(13,16)2/h11,15-17,19H,1,5-10,12H2,2-3H3;13-17,24H,1,5-12H2,2-3H3/t15?,16?,17?,19-,20-,21-;13-,14-,15?,16?,17?,19-,20-/m10/s1. The Morgan fingerprint density at radius 2 is 1.49 bits per heavy atom. The second-order valence-electron chi connectivity index (χ2n) is 18.2. The SMILES string of the molecule is C=C=C1C(F)(F)CC2C3CC[C@H]4C[C@@H](O)CC[C@]4(C)C3CC[C@]12C.C=C=C1CCC2C3C[C@@H](Cl)C4=CC(=O)CC[C@]4(C)C3CC[C@]12C. The summed E-state index contributed by atoms with van der Waals surface area (Å²) in [7, 11) is 0. The lowest BCUT2D eigenvalue weighted by molar-refractivity contribution is -0.118. The van der Waals surface area contributed by atoms with Crippen molar-refractivity contribution in [3.8, 4) is 0 Å². The van der Waals surface area contributed by atoms with E-state index >= 15 is 0 Å². The molecule has 0 spiro atoms. The third-order valence-corrected chi connectivity index (χ3v) is 17.0. The molecule has 1 N–H and O–H groups in total. The quantitative estimate of drug-likeness (QED) is 0.206. The molecule has 0 aromatic carbocycles. The van der Waals surface area contributed by atoms with Crippen LogP contribution in [0.5, 0.6) is 0 Å². The summed E-state index contributed by atoms with van der Waals surface area (Å²) in [6, 6.07) is 0. The zero-order chi connectivity index (χ0) is 33.7. The zero-order valence-corrected chi connectivity index (χ0v) is 30.0. The van der Waals surface area contributed by atoms with Crippen LogP contribution in [0.4, 0.5) is 8.78 Å². The predicted octanol–water partition coefficient (Wildman–Crippen LogP) is 10.8. The molecule has 8 rings (SSSR count). The summed E-state index contributed by atoms with van der Waals surface area (Å²) in [4.78, 5) is 11.9. The molecule has 258 valence electrons. The number of alkyl halides is 3. The molecule has 0 aromatic rings. The van der Waals surface area contributed by atoms with E-state index in [0.717, 1.165) is 63.7 Å². The van der Waals surface area contributed by atoms with E-state index in [-0.39, 0.29) is 46.0 Å². The maximum Gasteiger partial charge on any atom is 0.277 e. The van der Waals surface area contributed by atoms with Crippen molar-refractivity contribution in [2.45, 2.75) is 141 Å². The predicted molar refractivity (Wildman–Crippen MR) is 185 cm³/mol. The highest BCUT2D eigenvalue weighted by atomic mass is 35.5. The van der Waals surface area contributed by atoms with Gasteiger partial charge in [0.1, 0.15) is 0 Å². The Bertz CT molecular complexity index is 1450. The highest BCUT2D eigenvalue weighted by Crippen LogP contribution is 2.70. The number of carbonyl (C=O) groups excluding carboxylic acids is 1. The molecule has 8 aliphatic carbocycles. The van der Waals surface area contributed by atoms with E-state index in [1.807, 2.05) is 13.0 Å². The van der Waals surface area contributed by atoms with Crippen LogP contribution >= 0.6 is 11.6 Å². The number of carbonyl (C=O) groups is 1. The molecular formula is C42H57ClF2O2. The lowest BCUT2D eigenvalue weighted by atomic mass is 9.45. The molecule has 6 unspecified atom stereocenters. The third kappa shape index (κ3) is 4.96. The molecule has 8 aliphatic rings. The average Bonchev–Trinajstić information content (AvgIpc) is 3.47. The highest BCUT2D eigenvalue weighted by Gasteiger charge is 2.65. The molecular weight excluding hydrogens is 610 g/mol. The first-order chi connectivity index (χ1) is 22.1. The van der Waals surface area contributed by atoms with Crippen molar-refractivity contribution < 1.29 is 18.7 Å². The van der Waals surface area contributed by atoms with Crippen molar-refractivity contribution in [1.29, 1.82) is 0 Å². The van der Waals surface area contributed by atoms with Crippen LogP contribution in [0.2, 0.25) is 0 Å². The number of rotatable bonds is 0. The minimum Gasteiger partial charge on any atom is -0.393 e. The van der Waals surface area contributed by atoms with Gasteiger partial charge in [-0.15, -0.1) is 23.1 Å². The van der Waals surface area contributed by atoms with E-state index in [4.69, 9.17) is 11.6 Å². The topological polar surface area (TPSA) is 37.3 Å². The number of hydrogen-bond acceptors (Lipinski definition) is 2. The number of halogens is 3. The van der Waals surface area contributed by atoms with Crippen LogP contribution < -0.4 is 0 Å². The molecule has 0 bridgehead atoms. The lowest BCUT2D eigenvalue weighted by Gasteiger charge is -2.60. The van der Waals surface area contributed by atoms with Crippen LogP contribution in [0.15, 0.2) is 47.4 Å². The van der Waals surface area contributed by atoms with Crippen LogP contribution in [0.25, 0.3) is 0 Å². The van der Waals surface area contributed by atoms with E-state index in [0.29, 0.717) is 41.4 Å². The van der Waals surface area contributed by atoms with Gasteiger partial charge in [0.05, 0.1) is 11.5 Å². The summed E-state index contributed by atoms with van der Waals surface area (Å²) in [6.07, 6.45) is 16.3. The second-order valence-corrected chi connectivity index (χ2v) is 18.7. The molecule has 0 heterocycles. The second kappa shape index (κ2) is 11.5. The Balaban J connectivity index is 0.000000150. The molecule has 47 heavy (non-hydrogen) atoms. The van der Waals surface area contributed by atoms with E-state index < -0.39 is 11.3 Å². The summed E-state index contributed by atoms with van der Waals surface area (Å²) in [5.74, 6) is 1.25. The third-order valence-electron chi connectivity index (χ3n) is 16.6. The highest BCUT2D eigenvalue weighted by molar-refractivity contribution is 6.23. The van der Waals surface area contributed by atoms with Crippen molar-refractivity contribution in [1.82, 2.24) is 0 Å². The first kappa shape index (κ1) is 34.0. The van der Waals surface area contributed by atoms with E-state index in [2.05, 4.69) is 45.4 Å². The molecule has 0 amide bonds. The van der Waals surface area contributed by atoms with Crippen LogP contribution in [-0.2, 0) is 4.79 Å². The fourth-order valence-electron chi connectivity index (χ4n) is 14.0.